The van der Waals surface area contributed by atoms with Crippen LogP contribution in [0.25, 0.3) is 5.69 Å². The molecule has 0 aliphatic carbocycles. The highest BCUT2D eigenvalue weighted by atomic mass is 15.3. The molecule has 0 radical (unpaired) electrons. The maximum atomic E-state index is 4.44. The van der Waals surface area contributed by atoms with Gasteiger partial charge in [-0.2, -0.15) is 5.10 Å². The third kappa shape index (κ3) is 2.31. The maximum Gasteiger partial charge on any atom is 0.0690 e. The van der Waals surface area contributed by atoms with Crippen LogP contribution in [0, 0.1) is 6.92 Å². The Balaban J connectivity index is 2.32. The molecule has 1 heterocycles. The molecule has 0 aliphatic heterocycles. The van der Waals surface area contributed by atoms with E-state index in [2.05, 4.69) is 35.5 Å². The van der Waals surface area contributed by atoms with Crippen LogP contribution in [0.5, 0.6) is 0 Å². The topological polar surface area (TPSA) is 29.9 Å². The monoisotopic (exact) mass is 215 g/mol. The molecule has 0 unspecified atom stereocenters. The molecule has 3 heteroatoms. The molecule has 16 heavy (non-hydrogen) atoms. The number of aromatic nitrogens is 2. The van der Waals surface area contributed by atoms with E-state index < -0.39 is 0 Å². The predicted octanol–water partition coefficient (Wildman–Crippen LogP) is 2.29. The number of rotatable bonds is 4. The smallest absolute Gasteiger partial charge is 0.0690 e. The van der Waals surface area contributed by atoms with Crippen LogP contribution in [0.3, 0.4) is 0 Å². The molecular weight excluding hydrogens is 198 g/mol. The summed E-state index contributed by atoms with van der Waals surface area (Å²) < 4.78 is 1.93. The van der Waals surface area contributed by atoms with Crippen molar-refractivity contribution in [3.05, 3.63) is 47.8 Å². The molecule has 0 fully saturated rings. The molecule has 2 rings (SSSR count). The Kier molecular flexibility index (Phi) is 3.37. The molecular formula is C13H17N3. The van der Waals surface area contributed by atoms with Crippen LogP contribution in [0.2, 0.25) is 0 Å². The van der Waals surface area contributed by atoms with Crippen molar-refractivity contribution in [1.82, 2.24) is 15.1 Å². The lowest BCUT2D eigenvalue weighted by atomic mass is 10.2. The van der Waals surface area contributed by atoms with Gasteiger partial charge in [-0.3, -0.25) is 0 Å². The molecule has 0 aliphatic rings. The average Bonchev–Trinajstić information content (AvgIpc) is 2.73. The number of hydrogen-bond donors (Lipinski definition) is 1. The molecule has 1 aromatic carbocycles. The first-order valence-corrected chi connectivity index (χ1v) is 5.62. The van der Waals surface area contributed by atoms with Crippen molar-refractivity contribution in [2.45, 2.75) is 20.4 Å². The number of nitrogens with zero attached hydrogens (tertiary/aromatic N) is 2. The van der Waals surface area contributed by atoms with Gasteiger partial charge in [0.25, 0.3) is 0 Å². The zero-order chi connectivity index (χ0) is 11.4. The van der Waals surface area contributed by atoms with Gasteiger partial charge in [-0.25, -0.2) is 4.68 Å². The van der Waals surface area contributed by atoms with Crippen molar-refractivity contribution in [2.24, 2.45) is 0 Å². The Morgan fingerprint density at radius 3 is 2.75 bits per heavy atom. The number of hydrogen-bond acceptors (Lipinski definition) is 2. The molecule has 1 aromatic heterocycles. The van der Waals surface area contributed by atoms with Gasteiger partial charge in [-0.1, -0.05) is 25.1 Å². The Bertz CT molecular complexity index is 460. The minimum Gasteiger partial charge on any atom is -0.313 e. The molecule has 3 nitrogen and oxygen atoms in total. The summed E-state index contributed by atoms with van der Waals surface area (Å²) in [7, 11) is 0. The first-order valence-electron chi connectivity index (χ1n) is 5.62. The second-order valence-electron chi connectivity index (χ2n) is 3.81. The molecule has 2 aromatic rings. The summed E-state index contributed by atoms with van der Waals surface area (Å²) in [6, 6.07) is 10.4. The highest BCUT2D eigenvalue weighted by Gasteiger charge is 2.03. The molecule has 0 saturated carbocycles. The van der Waals surface area contributed by atoms with Crippen molar-refractivity contribution in [2.75, 3.05) is 6.54 Å². The summed E-state index contributed by atoms with van der Waals surface area (Å²) in [5.41, 5.74) is 3.46. The van der Waals surface area contributed by atoms with Crippen molar-refractivity contribution in [1.29, 1.82) is 0 Å². The second-order valence-corrected chi connectivity index (χ2v) is 3.81. The van der Waals surface area contributed by atoms with E-state index in [0.717, 1.165) is 24.5 Å². The number of para-hydroxylation sites is 1. The van der Waals surface area contributed by atoms with Crippen LogP contribution in [-0.2, 0) is 6.54 Å². The summed E-state index contributed by atoms with van der Waals surface area (Å²) in [5.74, 6) is 0. The van der Waals surface area contributed by atoms with E-state index in [1.807, 2.05) is 29.9 Å². The highest BCUT2D eigenvalue weighted by Crippen LogP contribution is 2.13. The van der Waals surface area contributed by atoms with Gasteiger partial charge in [0.2, 0.25) is 0 Å². The van der Waals surface area contributed by atoms with Gasteiger partial charge >= 0.3 is 0 Å². The van der Waals surface area contributed by atoms with Gasteiger partial charge < -0.3 is 5.32 Å². The lowest BCUT2D eigenvalue weighted by Gasteiger charge is -2.09. The fraction of sp³-hybridized carbons (Fsp3) is 0.308. The largest absolute Gasteiger partial charge is 0.313 e. The van der Waals surface area contributed by atoms with E-state index in [0.29, 0.717) is 0 Å². The summed E-state index contributed by atoms with van der Waals surface area (Å²) in [6.45, 7) is 5.97. The zero-order valence-electron chi connectivity index (χ0n) is 9.77. The third-order valence-corrected chi connectivity index (χ3v) is 2.53. The Morgan fingerprint density at radius 1 is 1.25 bits per heavy atom. The highest BCUT2D eigenvalue weighted by molar-refractivity contribution is 5.40. The van der Waals surface area contributed by atoms with Crippen molar-refractivity contribution in [3.63, 3.8) is 0 Å². The first-order chi connectivity index (χ1) is 7.81. The van der Waals surface area contributed by atoms with Gasteiger partial charge in [-0.05, 0) is 31.2 Å². The fourth-order valence-electron chi connectivity index (χ4n) is 1.69. The Hall–Kier alpha value is -1.61. The van der Waals surface area contributed by atoms with Crippen LogP contribution in [-0.4, -0.2) is 16.3 Å². The lowest BCUT2D eigenvalue weighted by molar-refractivity contribution is 0.716. The van der Waals surface area contributed by atoms with E-state index in [1.165, 1.54) is 5.56 Å². The van der Waals surface area contributed by atoms with E-state index in [9.17, 15) is 0 Å². The van der Waals surface area contributed by atoms with Gasteiger partial charge in [0, 0.05) is 12.7 Å². The third-order valence-electron chi connectivity index (χ3n) is 2.53. The normalized spacial score (nSPS) is 10.6. The van der Waals surface area contributed by atoms with E-state index in [4.69, 9.17) is 0 Å². The summed E-state index contributed by atoms with van der Waals surface area (Å²) in [5, 5.41) is 7.78. The minimum absolute atomic E-state index is 0.881. The molecule has 0 atom stereocenters. The van der Waals surface area contributed by atoms with Gasteiger partial charge in [-0.15, -0.1) is 0 Å². The second kappa shape index (κ2) is 4.94. The minimum atomic E-state index is 0.881. The van der Waals surface area contributed by atoms with Crippen LogP contribution >= 0.6 is 0 Å². The van der Waals surface area contributed by atoms with E-state index in [-0.39, 0.29) is 0 Å². The van der Waals surface area contributed by atoms with Crippen molar-refractivity contribution >= 4 is 0 Å². The summed E-state index contributed by atoms with van der Waals surface area (Å²) >= 11 is 0. The van der Waals surface area contributed by atoms with Crippen molar-refractivity contribution < 1.29 is 0 Å². The Labute approximate surface area is 96.1 Å². The SMILES string of the molecule is CCNCc1ccccc1-n1ccc(C)n1. The number of benzene rings is 1. The van der Waals surface area contributed by atoms with E-state index >= 15 is 0 Å². The standard InChI is InChI=1S/C13H17N3/c1-3-14-10-12-6-4-5-7-13(12)16-9-8-11(2)15-16/h4-9,14H,3,10H2,1-2H3. The van der Waals surface area contributed by atoms with Crippen LogP contribution < -0.4 is 5.32 Å². The van der Waals surface area contributed by atoms with Crippen LogP contribution in [0.15, 0.2) is 36.5 Å². The summed E-state index contributed by atoms with van der Waals surface area (Å²) in [6.07, 6.45) is 2.00. The summed E-state index contributed by atoms with van der Waals surface area (Å²) in [4.78, 5) is 0. The van der Waals surface area contributed by atoms with Gasteiger partial charge in [0.1, 0.15) is 0 Å². The Morgan fingerprint density at radius 2 is 2.06 bits per heavy atom. The molecule has 0 spiro atoms. The van der Waals surface area contributed by atoms with E-state index in [1.54, 1.807) is 0 Å². The zero-order valence-corrected chi connectivity index (χ0v) is 9.77. The first kappa shape index (κ1) is 10.9. The molecule has 84 valence electrons. The maximum absolute atomic E-state index is 4.44. The molecule has 1 N–H and O–H groups in total. The fourth-order valence-corrected chi connectivity index (χ4v) is 1.69. The van der Waals surface area contributed by atoms with Crippen LogP contribution in [0.1, 0.15) is 18.2 Å². The van der Waals surface area contributed by atoms with Gasteiger partial charge in [0.05, 0.1) is 11.4 Å². The number of aryl methyl sites for hydroxylation is 1. The van der Waals surface area contributed by atoms with Crippen molar-refractivity contribution in [3.8, 4) is 5.69 Å². The molecule has 0 amide bonds. The van der Waals surface area contributed by atoms with Gasteiger partial charge in [0.15, 0.2) is 0 Å². The van der Waals surface area contributed by atoms with Crippen LogP contribution in [0.4, 0.5) is 0 Å². The molecule has 0 saturated heterocycles. The quantitative estimate of drug-likeness (QED) is 0.848. The molecule has 0 bridgehead atoms. The number of nitrogens with one attached hydrogen (secondary N) is 1. The lowest BCUT2D eigenvalue weighted by Crippen LogP contribution is -2.14. The predicted molar refractivity (Wildman–Crippen MR) is 65.7 cm³/mol. The average molecular weight is 215 g/mol.